The molecule has 0 aliphatic rings. The van der Waals surface area contributed by atoms with Crippen LogP contribution in [0.2, 0.25) is 0 Å². The first-order chi connectivity index (χ1) is 17.6. The Kier molecular flexibility index (Phi) is 7.05. The van der Waals surface area contributed by atoms with Gasteiger partial charge in [-0.2, -0.15) is 23.4 Å². The van der Waals surface area contributed by atoms with Crippen molar-refractivity contribution in [2.75, 3.05) is 10.6 Å². The Balaban J connectivity index is 0.000000405. The van der Waals surface area contributed by atoms with Crippen molar-refractivity contribution in [2.45, 2.75) is 6.18 Å². The number of halogens is 3. The number of aromatic nitrogens is 8. The fourth-order valence-electron chi connectivity index (χ4n) is 2.77. The summed E-state index contributed by atoms with van der Waals surface area (Å²) in [7, 11) is 1.74. The number of fused-ring (bicyclic) bond motifs is 1. The van der Waals surface area contributed by atoms with Gasteiger partial charge in [-0.15, -0.1) is 10.2 Å². The SMILES string of the molecule is Cn1cc(C(=O)Nc2nccc(-c3nnc(Nc4ccc5[nH]ncc5c4)s3)n2)cn1.O=C(O)C(F)(F)F. The van der Waals surface area contributed by atoms with Gasteiger partial charge in [-0.05, 0) is 24.3 Å². The van der Waals surface area contributed by atoms with Gasteiger partial charge in [0, 0.05) is 30.5 Å². The summed E-state index contributed by atoms with van der Waals surface area (Å²) in [6, 6.07) is 7.55. The predicted molar refractivity (Wildman–Crippen MR) is 125 cm³/mol. The van der Waals surface area contributed by atoms with Crippen molar-refractivity contribution in [3.05, 3.63) is 54.6 Å². The van der Waals surface area contributed by atoms with E-state index in [-0.39, 0.29) is 11.9 Å². The molecular weight excluding hydrogens is 517 g/mol. The molecule has 13 nitrogen and oxygen atoms in total. The Labute approximate surface area is 208 Å². The molecule has 0 unspecified atom stereocenters. The summed E-state index contributed by atoms with van der Waals surface area (Å²) < 4.78 is 33.3. The van der Waals surface area contributed by atoms with E-state index < -0.39 is 12.1 Å². The third kappa shape index (κ3) is 6.40. The smallest absolute Gasteiger partial charge is 0.475 e. The van der Waals surface area contributed by atoms with Crippen molar-refractivity contribution in [1.82, 2.24) is 40.1 Å². The molecule has 0 radical (unpaired) electrons. The van der Waals surface area contributed by atoms with E-state index in [2.05, 4.69) is 46.1 Å². The number of hydrogen-bond acceptors (Lipinski definition) is 10. The van der Waals surface area contributed by atoms with Crippen molar-refractivity contribution in [3.63, 3.8) is 0 Å². The lowest BCUT2D eigenvalue weighted by atomic mass is 10.2. The summed E-state index contributed by atoms with van der Waals surface area (Å²) in [5, 5.41) is 34.5. The summed E-state index contributed by atoms with van der Waals surface area (Å²) in [6.45, 7) is 0. The maximum absolute atomic E-state index is 12.3. The molecule has 0 fully saturated rings. The third-order valence-corrected chi connectivity index (χ3v) is 5.29. The van der Waals surface area contributed by atoms with E-state index in [9.17, 15) is 18.0 Å². The highest BCUT2D eigenvalue weighted by Gasteiger charge is 2.38. The van der Waals surface area contributed by atoms with Gasteiger partial charge in [0.05, 0.1) is 23.5 Å². The monoisotopic (exact) mass is 532 g/mol. The Morgan fingerprint density at radius 1 is 1.16 bits per heavy atom. The maximum atomic E-state index is 12.3. The molecular formula is C20H15F3N10O3S. The van der Waals surface area contributed by atoms with Gasteiger partial charge in [0.25, 0.3) is 5.91 Å². The lowest BCUT2D eigenvalue weighted by Gasteiger charge is -2.03. The van der Waals surface area contributed by atoms with Gasteiger partial charge >= 0.3 is 12.1 Å². The number of amides is 1. The number of anilines is 3. The van der Waals surface area contributed by atoms with Crippen molar-refractivity contribution in [3.8, 4) is 10.7 Å². The number of carboxylic acid groups (broad SMARTS) is 1. The summed E-state index contributed by atoms with van der Waals surface area (Å²) >= 11 is 1.34. The van der Waals surface area contributed by atoms with Gasteiger partial charge in [0.1, 0.15) is 5.69 Å². The van der Waals surface area contributed by atoms with Crippen LogP contribution in [0.15, 0.2) is 49.1 Å². The van der Waals surface area contributed by atoms with E-state index in [1.807, 2.05) is 18.2 Å². The standard InChI is InChI=1S/C18H14N10OS.C2HF3O2/c1-28-9-11(8-21-28)15(29)24-17-19-5-4-14(23-17)16-26-27-18(30-16)22-12-2-3-13-10(6-12)7-20-25-13;3-2(4,5)1(6)7/h2-9H,1H3,(H,20,25)(H,22,27)(H,19,23,24,29);(H,6,7). The number of aryl methyl sites for hydroxylation is 1. The minimum absolute atomic E-state index is 0.177. The van der Waals surface area contributed by atoms with Crippen LogP contribution in [0.5, 0.6) is 0 Å². The topological polar surface area (TPSA) is 176 Å². The number of hydrogen-bond donors (Lipinski definition) is 4. The van der Waals surface area contributed by atoms with Crippen LogP contribution in [-0.4, -0.2) is 63.3 Å². The number of carbonyl (C=O) groups is 2. The zero-order chi connectivity index (χ0) is 26.6. The summed E-state index contributed by atoms with van der Waals surface area (Å²) in [4.78, 5) is 29.6. The Bertz CT molecular complexity index is 1560. The number of nitrogens with zero attached hydrogens (tertiary/aromatic N) is 7. The second-order valence-corrected chi connectivity index (χ2v) is 8.11. The fourth-order valence-corrected chi connectivity index (χ4v) is 3.50. The van der Waals surface area contributed by atoms with Gasteiger partial charge in [-0.3, -0.25) is 19.9 Å². The van der Waals surface area contributed by atoms with Crippen LogP contribution in [-0.2, 0) is 11.8 Å². The van der Waals surface area contributed by atoms with Gasteiger partial charge in [0.15, 0.2) is 5.01 Å². The van der Waals surface area contributed by atoms with E-state index in [1.165, 1.54) is 17.5 Å². The molecule has 5 aromatic rings. The fraction of sp³-hybridized carbons (Fsp3) is 0.100. The van der Waals surface area contributed by atoms with Gasteiger partial charge in [-0.25, -0.2) is 14.8 Å². The van der Waals surface area contributed by atoms with E-state index >= 15 is 0 Å². The van der Waals surface area contributed by atoms with Gasteiger partial charge < -0.3 is 10.4 Å². The molecule has 190 valence electrons. The molecule has 0 aliphatic carbocycles. The zero-order valence-electron chi connectivity index (χ0n) is 18.6. The first-order valence-electron chi connectivity index (χ1n) is 10.1. The molecule has 0 saturated heterocycles. The predicted octanol–water partition coefficient (Wildman–Crippen LogP) is 3.23. The molecule has 37 heavy (non-hydrogen) atoms. The Morgan fingerprint density at radius 2 is 1.95 bits per heavy atom. The number of carboxylic acids is 1. The highest BCUT2D eigenvalue weighted by molar-refractivity contribution is 7.18. The number of nitrogens with one attached hydrogen (secondary N) is 3. The summed E-state index contributed by atoms with van der Waals surface area (Å²) in [6.07, 6.45) is 1.32. The largest absolute Gasteiger partial charge is 0.490 e. The molecule has 1 aromatic carbocycles. The van der Waals surface area contributed by atoms with Crippen LogP contribution in [0.1, 0.15) is 10.4 Å². The molecule has 1 amide bonds. The molecule has 0 aliphatic heterocycles. The van der Waals surface area contributed by atoms with Crippen molar-refractivity contribution in [1.29, 1.82) is 0 Å². The van der Waals surface area contributed by atoms with Crippen LogP contribution in [0.3, 0.4) is 0 Å². The Morgan fingerprint density at radius 3 is 2.65 bits per heavy atom. The molecule has 4 N–H and O–H groups in total. The summed E-state index contributed by atoms with van der Waals surface area (Å²) in [5.74, 6) is -2.92. The number of aromatic amines is 1. The summed E-state index contributed by atoms with van der Waals surface area (Å²) in [5.41, 5.74) is 2.81. The number of benzene rings is 1. The lowest BCUT2D eigenvalue weighted by molar-refractivity contribution is -0.192. The molecule has 0 bridgehead atoms. The van der Waals surface area contributed by atoms with E-state index in [4.69, 9.17) is 9.90 Å². The van der Waals surface area contributed by atoms with Crippen LogP contribution < -0.4 is 10.6 Å². The number of carbonyl (C=O) groups excluding carboxylic acids is 1. The van der Waals surface area contributed by atoms with Gasteiger partial charge in [0.2, 0.25) is 11.1 Å². The average molecular weight is 532 g/mol. The van der Waals surface area contributed by atoms with Crippen molar-refractivity contribution in [2.24, 2.45) is 7.05 Å². The molecule has 4 aromatic heterocycles. The van der Waals surface area contributed by atoms with Crippen LogP contribution in [0.25, 0.3) is 21.6 Å². The minimum Gasteiger partial charge on any atom is -0.475 e. The number of rotatable bonds is 5. The lowest BCUT2D eigenvalue weighted by Crippen LogP contribution is -2.21. The molecule has 0 spiro atoms. The average Bonchev–Trinajstić information content (AvgIpc) is 3.60. The number of H-pyrrole nitrogens is 1. The normalized spacial score (nSPS) is 11.0. The van der Waals surface area contributed by atoms with Crippen LogP contribution >= 0.6 is 11.3 Å². The highest BCUT2D eigenvalue weighted by Crippen LogP contribution is 2.28. The highest BCUT2D eigenvalue weighted by atomic mass is 32.1. The second-order valence-electron chi connectivity index (χ2n) is 7.13. The molecule has 0 saturated carbocycles. The van der Waals surface area contributed by atoms with Crippen molar-refractivity contribution < 1.29 is 27.9 Å². The molecule has 4 heterocycles. The third-order valence-electron chi connectivity index (χ3n) is 4.43. The quantitative estimate of drug-likeness (QED) is 0.263. The van der Waals surface area contributed by atoms with E-state index in [0.717, 1.165) is 16.6 Å². The Hall–Kier alpha value is -4.93. The van der Waals surface area contributed by atoms with Crippen LogP contribution in [0.4, 0.5) is 29.9 Å². The van der Waals surface area contributed by atoms with Gasteiger partial charge in [-0.1, -0.05) is 11.3 Å². The first-order valence-corrected chi connectivity index (χ1v) is 10.9. The first kappa shape index (κ1) is 25.2. The minimum atomic E-state index is -5.08. The van der Waals surface area contributed by atoms with Crippen molar-refractivity contribution >= 4 is 50.9 Å². The molecule has 5 rings (SSSR count). The van der Waals surface area contributed by atoms with E-state index in [1.54, 1.807) is 36.4 Å². The molecule has 0 atom stereocenters. The number of aliphatic carboxylic acids is 1. The number of alkyl halides is 3. The second kappa shape index (κ2) is 10.4. The maximum Gasteiger partial charge on any atom is 0.490 e. The molecule has 17 heteroatoms. The van der Waals surface area contributed by atoms with E-state index in [0.29, 0.717) is 21.4 Å². The van der Waals surface area contributed by atoms with Crippen LogP contribution in [0, 0.1) is 0 Å². The zero-order valence-corrected chi connectivity index (χ0v) is 19.4.